The third-order valence-corrected chi connectivity index (χ3v) is 4.98. The van der Waals surface area contributed by atoms with Crippen LogP contribution >= 0.6 is 11.3 Å². The Balaban J connectivity index is 1.76. The highest BCUT2D eigenvalue weighted by Crippen LogP contribution is 2.30. The van der Waals surface area contributed by atoms with E-state index in [4.69, 9.17) is 15.5 Å². The van der Waals surface area contributed by atoms with Gasteiger partial charge in [-0.05, 0) is 31.2 Å². The van der Waals surface area contributed by atoms with Crippen molar-refractivity contribution in [3.63, 3.8) is 0 Å². The van der Waals surface area contributed by atoms with Crippen molar-refractivity contribution in [1.29, 1.82) is 0 Å². The Kier molecular flexibility index (Phi) is 4.11. The van der Waals surface area contributed by atoms with E-state index >= 15 is 0 Å². The summed E-state index contributed by atoms with van der Waals surface area (Å²) in [5, 5.41) is 4.17. The smallest absolute Gasteiger partial charge is 0.198 e. The van der Waals surface area contributed by atoms with Gasteiger partial charge in [-0.15, -0.1) is 11.3 Å². The number of rotatable bonds is 2. The second-order valence-electron chi connectivity index (χ2n) is 5.80. The Labute approximate surface area is 149 Å². The Bertz CT molecular complexity index is 940. The molecule has 0 atom stereocenters. The number of aromatic nitrogens is 1. The molecule has 0 aliphatic carbocycles. The van der Waals surface area contributed by atoms with Gasteiger partial charge in [0.1, 0.15) is 23.0 Å². The molecular formula is C19H18N4OS. The van der Waals surface area contributed by atoms with Gasteiger partial charge < -0.3 is 15.8 Å². The Morgan fingerprint density at radius 2 is 1.92 bits per heavy atom. The molecule has 2 heterocycles. The summed E-state index contributed by atoms with van der Waals surface area (Å²) < 4.78 is 6.73. The molecule has 0 fully saturated rings. The second kappa shape index (κ2) is 6.57. The van der Waals surface area contributed by atoms with Gasteiger partial charge in [0.2, 0.25) is 0 Å². The molecule has 0 spiro atoms. The van der Waals surface area contributed by atoms with Crippen LogP contribution in [0, 0.1) is 6.92 Å². The van der Waals surface area contributed by atoms with Gasteiger partial charge in [-0.3, -0.25) is 4.99 Å². The predicted octanol–water partition coefficient (Wildman–Crippen LogP) is 3.77. The summed E-state index contributed by atoms with van der Waals surface area (Å²) in [6, 6.07) is 16.2. The zero-order valence-electron chi connectivity index (χ0n) is 13.8. The van der Waals surface area contributed by atoms with E-state index < -0.39 is 0 Å². The van der Waals surface area contributed by atoms with Crippen molar-refractivity contribution < 1.29 is 4.74 Å². The molecule has 1 aliphatic heterocycles. The van der Waals surface area contributed by atoms with Crippen LogP contribution < -0.4 is 11.1 Å². The van der Waals surface area contributed by atoms with Gasteiger partial charge in [0.15, 0.2) is 5.88 Å². The van der Waals surface area contributed by atoms with Gasteiger partial charge in [-0.25, -0.2) is 4.98 Å². The third-order valence-electron chi connectivity index (χ3n) is 3.92. The number of hydrogen-bond donors (Lipinski definition) is 2. The average molecular weight is 350 g/mol. The first kappa shape index (κ1) is 15.7. The zero-order chi connectivity index (χ0) is 17.2. The number of nitrogens with one attached hydrogen (secondary N) is 1. The van der Waals surface area contributed by atoms with Crippen molar-refractivity contribution in [3.05, 3.63) is 65.0 Å². The molecule has 3 aromatic rings. The minimum atomic E-state index is 0.356. The minimum absolute atomic E-state index is 0.356. The molecule has 3 N–H and O–H groups in total. The van der Waals surface area contributed by atoms with Crippen molar-refractivity contribution in [2.24, 2.45) is 10.7 Å². The molecule has 5 nitrogen and oxygen atoms in total. The maximum Gasteiger partial charge on any atom is 0.198 e. The Hall–Kier alpha value is -2.86. The van der Waals surface area contributed by atoms with Crippen molar-refractivity contribution in [2.75, 3.05) is 18.5 Å². The van der Waals surface area contributed by atoms with E-state index in [0.29, 0.717) is 24.9 Å². The van der Waals surface area contributed by atoms with Crippen LogP contribution in [0.1, 0.15) is 10.6 Å². The monoisotopic (exact) mass is 350 g/mol. The lowest BCUT2D eigenvalue weighted by molar-refractivity contribution is 0.223. The molecule has 25 heavy (non-hydrogen) atoms. The maximum atomic E-state index is 6.20. The number of ether oxygens (including phenoxy) is 1. The number of amidine groups is 1. The van der Waals surface area contributed by atoms with Crippen LogP contribution in [-0.4, -0.2) is 24.0 Å². The van der Waals surface area contributed by atoms with Crippen LogP contribution in [-0.2, 0) is 4.74 Å². The van der Waals surface area contributed by atoms with Gasteiger partial charge in [0.25, 0.3) is 0 Å². The SMILES string of the molecule is Cc1ccc(NC2=NCCOC(N)=C2c2nc3ccccc3s2)cc1. The predicted molar refractivity (Wildman–Crippen MR) is 104 cm³/mol. The molecule has 6 heteroatoms. The number of hydrogen-bond acceptors (Lipinski definition) is 6. The molecule has 0 saturated heterocycles. The molecule has 0 saturated carbocycles. The summed E-state index contributed by atoms with van der Waals surface area (Å²) >= 11 is 1.58. The van der Waals surface area contributed by atoms with Gasteiger partial charge in [0.05, 0.1) is 16.8 Å². The van der Waals surface area contributed by atoms with Crippen LogP contribution in [0.25, 0.3) is 15.8 Å². The van der Waals surface area contributed by atoms with Crippen LogP contribution in [0.5, 0.6) is 0 Å². The highest BCUT2D eigenvalue weighted by Gasteiger charge is 2.22. The van der Waals surface area contributed by atoms with E-state index in [9.17, 15) is 0 Å². The number of fused-ring (bicyclic) bond motifs is 1. The lowest BCUT2D eigenvalue weighted by Gasteiger charge is -2.12. The van der Waals surface area contributed by atoms with Crippen molar-refractivity contribution >= 4 is 38.6 Å². The van der Waals surface area contributed by atoms with E-state index in [0.717, 1.165) is 26.5 Å². The first-order valence-electron chi connectivity index (χ1n) is 8.08. The van der Waals surface area contributed by atoms with Crippen molar-refractivity contribution in [3.8, 4) is 0 Å². The number of benzene rings is 2. The van der Waals surface area contributed by atoms with Gasteiger partial charge in [-0.1, -0.05) is 29.8 Å². The molecule has 0 amide bonds. The van der Waals surface area contributed by atoms with Crippen LogP contribution in [0.15, 0.2) is 59.4 Å². The fraction of sp³-hybridized carbons (Fsp3) is 0.158. The molecule has 4 rings (SSSR count). The summed E-state index contributed by atoms with van der Waals surface area (Å²) in [4.78, 5) is 9.34. The topological polar surface area (TPSA) is 72.5 Å². The summed E-state index contributed by atoms with van der Waals surface area (Å²) in [5.41, 5.74) is 10.0. The Morgan fingerprint density at radius 1 is 1.12 bits per heavy atom. The second-order valence-corrected chi connectivity index (χ2v) is 6.83. The van der Waals surface area contributed by atoms with E-state index in [1.165, 1.54) is 5.56 Å². The first-order valence-corrected chi connectivity index (χ1v) is 8.89. The van der Waals surface area contributed by atoms with Crippen LogP contribution in [0.4, 0.5) is 5.69 Å². The van der Waals surface area contributed by atoms with Gasteiger partial charge >= 0.3 is 0 Å². The van der Waals surface area contributed by atoms with E-state index in [2.05, 4.69) is 35.4 Å². The zero-order valence-corrected chi connectivity index (χ0v) is 14.6. The minimum Gasteiger partial charge on any atom is -0.477 e. The number of aryl methyl sites for hydroxylation is 1. The molecule has 126 valence electrons. The lowest BCUT2D eigenvalue weighted by atomic mass is 10.2. The number of para-hydroxylation sites is 1. The molecule has 1 aliphatic rings. The van der Waals surface area contributed by atoms with E-state index in [-0.39, 0.29) is 0 Å². The van der Waals surface area contributed by atoms with Crippen LogP contribution in [0.3, 0.4) is 0 Å². The largest absolute Gasteiger partial charge is 0.477 e. The highest BCUT2D eigenvalue weighted by molar-refractivity contribution is 7.19. The molecule has 0 unspecified atom stereocenters. The lowest BCUT2D eigenvalue weighted by Crippen LogP contribution is -2.18. The first-order chi connectivity index (χ1) is 12.2. The third kappa shape index (κ3) is 3.21. The average Bonchev–Trinajstić information content (AvgIpc) is 2.95. The van der Waals surface area contributed by atoms with E-state index in [1.807, 2.05) is 30.3 Å². The number of thiazole rings is 1. The molecular weight excluding hydrogens is 332 g/mol. The molecule has 1 aromatic heterocycles. The quantitative estimate of drug-likeness (QED) is 0.738. The fourth-order valence-corrected chi connectivity index (χ4v) is 3.66. The molecule has 0 radical (unpaired) electrons. The van der Waals surface area contributed by atoms with Crippen molar-refractivity contribution in [1.82, 2.24) is 4.98 Å². The summed E-state index contributed by atoms with van der Waals surface area (Å²) in [7, 11) is 0. The summed E-state index contributed by atoms with van der Waals surface area (Å²) in [6.45, 7) is 3.06. The number of anilines is 1. The number of nitrogens with two attached hydrogens (primary N) is 1. The molecule has 0 bridgehead atoms. The number of nitrogens with zero attached hydrogens (tertiary/aromatic N) is 2. The fourth-order valence-electron chi connectivity index (χ4n) is 2.64. The Morgan fingerprint density at radius 3 is 2.72 bits per heavy atom. The summed E-state index contributed by atoms with van der Waals surface area (Å²) in [5.74, 6) is 1.05. The number of aliphatic imine (C=N–C) groups is 1. The standard InChI is InChI=1S/C19H18N4OS/c1-12-6-8-13(9-7-12)22-18-16(17(20)24-11-10-21-18)19-23-14-4-2-3-5-15(14)25-19/h2-9H,10-11,20H2,1H3,(H,21,22). The highest BCUT2D eigenvalue weighted by atomic mass is 32.1. The van der Waals surface area contributed by atoms with Crippen molar-refractivity contribution in [2.45, 2.75) is 6.92 Å². The van der Waals surface area contributed by atoms with E-state index in [1.54, 1.807) is 11.3 Å². The van der Waals surface area contributed by atoms with Gasteiger partial charge in [0, 0.05) is 5.69 Å². The maximum absolute atomic E-state index is 6.20. The van der Waals surface area contributed by atoms with Crippen LogP contribution in [0.2, 0.25) is 0 Å². The summed E-state index contributed by atoms with van der Waals surface area (Å²) in [6.07, 6.45) is 0. The molecule has 2 aromatic carbocycles. The normalized spacial score (nSPS) is 14.8. The van der Waals surface area contributed by atoms with Gasteiger partial charge in [-0.2, -0.15) is 0 Å².